The second-order valence-electron chi connectivity index (χ2n) is 3.60. The van der Waals surface area contributed by atoms with E-state index in [1.807, 2.05) is 0 Å². The average Bonchev–Trinajstić information content (AvgIpc) is 2.20. The van der Waals surface area contributed by atoms with Gasteiger partial charge in [-0.15, -0.1) is 12.4 Å². The lowest BCUT2D eigenvalue weighted by molar-refractivity contribution is -0.296. The standard InChI is InChI=1S/C8H15NO6.ClH/c1-3(11)8(14)7(9)6(13)5(12)4(2-10)15-8;/h4-7,10,12-14H,2,9H2,1H3;1H/t4-,5+,6+,7-,8-;/m1./s1. The minimum absolute atomic E-state index is 0. The number of ketones is 1. The lowest BCUT2D eigenvalue weighted by Crippen LogP contribution is -2.70. The molecule has 0 unspecified atom stereocenters. The van der Waals surface area contributed by atoms with Crippen molar-refractivity contribution in [2.75, 3.05) is 6.61 Å². The van der Waals surface area contributed by atoms with Crippen LogP contribution >= 0.6 is 12.4 Å². The second-order valence-corrected chi connectivity index (χ2v) is 3.60. The maximum Gasteiger partial charge on any atom is 0.244 e. The summed E-state index contributed by atoms with van der Waals surface area (Å²) in [5.41, 5.74) is 5.38. The van der Waals surface area contributed by atoms with Crippen LogP contribution in [0.5, 0.6) is 0 Å². The van der Waals surface area contributed by atoms with Gasteiger partial charge in [-0.25, -0.2) is 0 Å². The number of nitrogens with two attached hydrogens (primary N) is 1. The van der Waals surface area contributed by atoms with Crippen LogP contribution in [-0.4, -0.2) is 63.0 Å². The van der Waals surface area contributed by atoms with E-state index >= 15 is 0 Å². The fraction of sp³-hybridized carbons (Fsp3) is 0.875. The second kappa shape index (κ2) is 5.37. The third-order valence-electron chi connectivity index (χ3n) is 2.57. The molecule has 0 saturated carbocycles. The minimum atomic E-state index is -2.37. The molecule has 0 aromatic carbocycles. The molecule has 1 heterocycles. The monoisotopic (exact) mass is 257 g/mol. The van der Waals surface area contributed by atoms with E-state index in [4.69, 9.17) is 15.6 Å². The van der Waals surface area contributed by atoms with E-state index in [-0.39, 0.29) is 12.4 Å². The number of hydrogen-bond donors (Lipinski definition) is 5. The van der Waals surface area contributed by atoms with Crippen LogP contribution in [0.1, 0.15) is 6.92 Å². The molecular weight excluding hydrogens is 242 g/mol. The zero-order valence-electron chi connectivity index (χ0n) is 8.61. The molecule has 0 spiro atoms. The summed E-state index contributed by atoms with van der Waals surface area (Å²) < 4.78 is 4.80. The van der Waals surface area contributed by atoms with E-state index in [1.54, 1.807) is 0 Å². The van der Waals surface area contributed by atoms with Gasteiger partial charge >= 0.3 is 0 Å². The van der Waals surface area contributed by atoms with E-state index in [0.717, 1.165) is 6.92 Å². The Morgan fingerprint density at radius 3 is 2.31 bits per heavy atom. The number of carbonyl (C=O) groups is 1. The molecule has 1 fully saturated rings. The maximum absolute atomic E-state index is 11.1. The summed E-state index contributed by atoms with van der Waals surface area (Å²) in [4.78, 5) is 11.1. The summed E-state index contributed by atoms with van der Waals surface area (Å²) in [6, 6.07) is -1.45. The van der Waals surface area contributed by atoms with Gasteiger partial charge in [0.15, 0.2) is 5.78 Å². The Morgan fingerprint density at radius 2 is 1.94 bits per heavy atom. The third-order valence-corrected chi connectivity index (χ3v) is 2.57. The van der Waals surface area contributed by atoms with Crippen LogP contribution in [0.3, 0.4) is 0 Å². The first-order chi connectivity index (χ1) is 6.84. The Hall–Kier alpha value is -0.280. The Labute approximate surface area is 98.2 Å². The van der Waals surface area contributed by atoms with Gasteiger partial charge in [0.1, 0.15) is 18.3 Å². The van der Waals surface area contributed by atoms with Crippen LogP contribution in [0.25, 0.3) is 0 Å². The number of ether oxygens (including phenoxy) is 1. The highest BCUT2D eigenvalue weighted by molar-refractivity contribution is 5.85. The molecule has 1 rings (SSSR count). The number of aliphatic hydroxyl groups excluding tert-OH is 3. The fourth-order valence-corrected chi connectivity index (χ4v) is 1.51. The van der Waals surface area contributed by atoms with Crippen molar-refractivity contribution in [3.05, 3.63) is 0 Å². The van der Waals surface area contributed by atoms with Crippen molar-refractivity contribution in [2.24, 2.45) is 5.73 Å². The van der Waals surface area contributed by atoms with Crippen LogP contribution in [0, 0.1) is 0 Å². The number of Topliss-reactive ketones (excluding diaryl/α,β-unsaturated/α-hetero) is 1. The van der Waals surface area contributed by atoms with Crippen molar-refractivity contribution < 1.29 is 30.0 Å². The molecule has 1 aliphatic rings. The molecule has 7 nitrogen and oxygen atoms in total. The zero-order chi connectivity index (χ0) is 11.8. The predicted molar refractivity (Wildman–Crippen MR) is 54.8 cm³/mol. The first-order valence-corrected chi connectivity index (χ1v) is 4.48. The molecular formula is C8H16ClNO6. The Bertz CT molecular complexity index is 263. The molecule has 5 atom stereocenters. The Morgan fingerprint density at radius 1 is 1.44 bits per heavy atom. The van der Waals surface area contributed by atoms with Crippen molar-refractivity contribution in [2.45, 2.75) is 37.1 Å². The maximum atomic E-state index is 11.1. The first kappa shape index (κ1) is 15.7. The van der Waals surface area contributed by atoms with Crippen LogP contribution in [0.15, 0.2) is 0 Å². The van der Waals surface area contributed by atoms with Gasteiger partial charge in [0.05, 0.1) is 12.6 Å². The highest BCUT2D eigenvalue weighted by atomic mass is 35.5. The van der Waals surface area contributed by atoms with E-state index in [0.29, 0.717) is 0 Å². The van der Waals surface area contributed by atoms with Crippen molar-refractivity contribution >= 4 is 18.2 Å². The summed E-state index contributed by atoms with van der Waals surface area (Å²) >= 11 is 0. The van der Waals surface area contributed by atoms with E-state index in [2.05, 4.69) is 0 Å². The van der Waals surface area contributed by atoms with Crippen LogP contribution in [0.4, 0.5) is 0 Å². The normalized spacial score (nSPS) is 43.6. The van der Waals surface area contributed by atoms with Gasteiger partial charge in [-0.2, -0.15) is 0 Å². The molecule has 6 N–H and O–H groups in total. The van der Waals surface area contributed by atoms with Gasteiger partial charge in [0, 0.05) is 6.92 Å². The van der Waals surface area contributed by atoms with Gasteiger partial charge in [-0.3, -0.25) is 4.79 Å². The fourth-order valence-electron chi connectivity index (χ4n) is 1.51. The summed E-state index contributed by atoms with van der Waals surface area (Å²) in [5.74, 6) is -3.16. The van der Waals surface area contributed by atoms with Gasteiger partial charge < -0.3 is 30.9 Å². The predicted octanol–water partition coefficient (Wildman–Crippen LogP) is -2.87. The number of aliphatic hydroxyl groups is 4. The molecule has 1 saturated heterocycles. The average molecular weight is 258 g/mol. The van der Waals surface area contributed by atoms with Crippen molar-refractivity contribution in [3.63, 3.8) is 0 Å². The van der Waals surface area contributed by atoms with Crippen molar-refractivity contribution in [3.8, 4) is 0 Å². The quantitative estimate of drug-likeness (QED) is 0.359. The molecule has 0 aromatic rings. The molecule has 8 heteroatoms. The highest BCUT2D eigenvalue weighted by Gasteiger charge is 2.54. The topological polar surface area (TPSA) is 133 Å². The molecule has 96 valence electrons. The summed E-state index contributed by atoms with van der Waals surface area (Å²) in [5, 5.41) is 37.4. The van der Waals surface area contributed by atoms with E-state index < -0.39 is 42.5 Å². The lowest BCUT2D eigenvalue weighted by atomic mass is 9.89. The van der Waals surface area contributed by atoms with Crippen LogP contribution in [0.2, 0.25) is 0 Å². The summed E-state index contributed by atoms with van der Waals surface area (Å²) in [7, 11) is 0. The van der Waals surface area contributed by atoms with E-state index in [9.17, 15) is 20.1 Å². The molecule has 0 amide bonds. The largest absolute Gasteiger partial charge is 0.394 e. The number of hydrogen-bond acceptors (Lipinski definition) is 7. The van der Waals surface area contributed by atoms with Gasteiger partial charge in [0.25, 0.3) is 0 Å². The Kier molecular flexibility index (Phi) is 5.27. The number of rotatable bonds is 2. The van der Waals surface area contributed by atoms with Crippen LogP contribution < -0.4 is 5.73 Å². The molecule has 0 aromatic heterocycles. The summed E-state index contributed by atoms with van der Waals surface area (Å²) in [6.07, 6.45) is -4.22. The molecule has 16 heavy (non-hydrogen) atoms. The summed E-state index contributed by atoms with van der Waals surface area (Å²) in [6.45, 7) is 0.402. The van der Waals surface area contributed by atoms with Gasteiger partial charge in [0.2, 0.25) is 5.79 Å². The van der Waals surface area contributed by atoms with Crippen LogP contribution in [-0.2, 0) is 9.53 Å². The van der Waals surface area contributed by atoms with Gasteiger partial charge in [-0.05, 0) is 0 Å². The number of halogens is 1. The lowest BCUT2D eigenvalue weighted by Gasteiger charge is -2.44. The smallest absolute Gasteiger partial charge is 0.244 e. The minimum Gasteiger partial charge on any atom is -0.394 e. The molecule has 0 radical (unpaired) electrons. The molecule has 0 aliphatic carbocycles. The highest BCUT2D eigenvalue weighted by Crippen LogP contribution is 2.27. The SMILES string of the molecule is CC(=O)[C@@]1(O)O[C@H](CO)[C@H](O)[C@H](O)[C@H]1N.Cl. The zero-order valence-corrected chi connectivity index (χ0v) is 9.42. The first-order valence-electron chi connectivity index (χ1n) is 4.48. The molecule has 1 aliphatic heterocycles. The van der Waals surface area contributed by atoms with Gasteiger partial charge in [-0.1, -0.05) is 0 Å². The van der Waals surface area contributed by atoms with E-state index in [1.165, 1.54) is 0 Å². The molecule has 0 bridgehead atoms. The van der Waals surface area contributed by atoms with Crippen molar-refractivity contribution in [1.82, 2.24) is 0 Å². The van der Waals surface area contributed by atoms with Crippen molar-refractivity contribution in [1.29, 1.82) is 0 Å². The Balaban J connectivity index is 0.00000225. The number of carbonyl (C=O) groups excluding carboxylic acids is 1. The third kappa shape index (κ3) is 2.35.